The predicted octanol–water partition coefficient (Wildman–Crippen LogP) is 6.46. The highest BCUT2D eigenvalue weighted by molar-refractivity contribution is 5.93. The lowest BCUT2D eigenvalue weighted by atomic mass is 9.90. The molecule has 4 rings (SSSR count). The molecule has 0 heterocycles. The van der Waals surface area contributed by atoms with Gasteiger partial charge in [-0.1, -0.05) is 91.9 Å². The zero-order chi connectivity index (χ0) is 27.5. The van der Waals surface area contributed by atoms with Gasteiger partial charge in [0.25, 0.3) is 0 Å². The molecule has 0 aliphatic rings. The summed E-state index contributed by atoms with van der Waals surface area (Å²) < 4.78 is 11.5. The van der Waals surface area contributed by atoms with Gasteiger partial charge in [0.15, 0.2) is 11.5 Å². The van der Waals surface area contributed by atoms with E-state index in [1.807, 2.05) is 0 Å². The second-order valence-corrected chi connectivity index (χ2v) is 9.71. The number of hydrogen-bond donors (Lipinski definition) is 1. The number of primary amides is 1. The minimum absolute atomic E-state index is 0.246. The fraction of sp³-hybridized carbons (Fsp3) is 0.265. The van der Waals surface area contributed by atoms with Gasteiger partial charge in [-0.15, -0.1) is 0 Å². The van der Waals surface area contributed by atoms with Gasteiger partial charge in [-0.25, -0.2) is 0 Å². The summed E-state index contributed by atoms with van der Waals surface area (Å²) >= 11 is 0. The van der Waals surface area contributed by atoms with E-state index in [4.69, 9.17) is 15.2 Å². The average Bonchev–Trinajstić information content (AvgIpc) is 2.99. The van der Waals surface area contributed by atoms with Crippen molar-refractivity contribution in [3.05, 3.63) is 131 Å². The maximum Gasteiger partial charge on any atom is 0.248 e. The van der Waals surface area contributed by atoms with Crippen molar-refractivity contribution in [1.82, 2.24) is 4.90 Å². The predicted molar refractivity (Wildman–Crippen MR) is 157 cm³/mol. The molecule has 0 fully saturated rings. The minimum Gasteiger partial charge on any atom is -0.493 e. The Kier molecular flexibility index (Phi) is 10.1. The lowest BCUT2D eigenvalue weighted by molar-refractivity contribution is 0.0999. The maximum absolute atomic E-state index is 11.6. The number of hydrogen-bond acceptors (Lipinski definition) is 4. The topological polar surface area (TPSA) is 64.8 Å². The zero-order valence-corrected chi connectivity index (χ0v) is 22.9. The normalized spacial score (nSPS) is 11.1. The van der Waals surface area contributed by atoms with Crippen LogP contribution >= 0.6 is 0 Å². The van der Waals surface area contributed by atoms with Crippen LogP contribution in [0.25, 0.3) is 0 Å². The number of carbonyl (C=O) groups excluding carboxylic acids is 1. The van der Waals surface area contributed by atoms with Crippen LogP contribution < -0.4 is 15.2 Å². The van der Waals surface area contributed by atoms with Crippen molar-refractivity contribution < 1.29 is 14.3 Å². The Bertz CT molecular complexity index is 1270. The minimum atomic E-state index is -0.490. The van der Waals surface area contributed by atoms with Gasteiger partial charge in [-0.05, 0) is 53.3 Å². The number of amides is 1. The van der Waals surface area contributed by atoms with Crippen molar-refractivity contribution >= 4 is 5.91 Å². The van der Waals surface area contributed by atoms with Gasteiger partial charge in [0, 0.05) is 31.1 Å². The lowest BCUT2D eigenvalue weighted by Gasteiger charge is -2.28. The Hall–Kier alpha value is -4.09. The zero-order valence-electron chi connectivity index (χ0n) is 22.9. The third-order valence-corrected chi connectivity index (χ3v) is 7.01. The molecule has 4 aromatic carbocycles. The van der Waals surface area contributed by atoms with Gasteiger partial charge in [0.1, 0.15) is 0 Å². The molecule has 2 N–H and O–H groups in total. The second kappa shape index (κ2) is 14.2. The van der Waals surface area contributed by atoms with E-state index in [1.165, 1.54) is 22.3 Å². The molecule has 0 atom stereocenters. The molecule has 4 aromatic rings. The molecule has 1 amide bonds. The highest BCUT2D eigenvalue weighted by Gasteiger charge is 2.19. The van der Waals surface area contributed by atoms with Crippen molar-refractivity contribution in [2.45, 2.75) is 32.2 Å². The van der Waals surface area contributed by atoms with Crippen molar-refractivity contribution in [1.29, 1.82) is 0 Å². The van der Waals surface area contributed by atoms with E-state index in [0.29, 0.717) is 23.7 Å². The second-order valence-electron chi connectivity index (χ2n) is 9.71. The largest absolute Gasteiger partial charge is 0.493 e. The Morgan fingerprint density at radius 2 is 1.44 bits per heavy atom. The van der Waals surface area contributed by atoms with Crippen LogP contribution in [0.3, 0.4) is 0 Å². The van der Waals surface area contributed by atoms with E-state index in [9.17, 15) is 4.79 Å². The van der Waals surface area contributed by atoms with Crippen LogP contribution in [0.4, 0.5) is 0 Å². The van der Waals surface area contributed by atoms with Gasteiger partial charge < -0.3 is 15.2 Å². The van der Waals surface area contributed by atoms with E-state index in [1.54, 1.807) is 25.3 Å². The number of rotatable bonds is 14. The molecule has 0 saturated carbocycles. The summed E-state index contributed by atoms with van der Waals surface area (Å²) in [6, 6.07) is 35.4. The molecule has 0 unspecified atom stereocenters. The molecule has 0 spiro atoms. The first-order chi connectivity index (χ1) is 19.1. The fourth-order valence-electron chi connectivity index (χ4n) is 4.82. The summed E-state index contributed by atoms with van der Waals surface area (Å²) in [5.74, 6) is 0.870. The molecule has 0 bridgehead atoms. The molecule has 5 heteroatoms. The Morgan fingerprint density at radius 3 is 2.00 bits per heavy atom. The van der Waals surface area contributed by atoms with Gasteiger partial charge in [-0.3, -0.25) is 9.69 Å². The van der Waals surface area contributed by atoms with E-state index in [2.05, 4.69) is 96.8 Å². The number of methoxy groups -OCH3 is 1. The Labute approximate surface area is 232 Å². The van der Waals surface area contributed by atoms with Crippen molar-refractivity contribution in [2.75, 3.05) is 26.8 Å². The standard InChI is InChI=1S/C34H38N2O3/c1-3-26-15-17-27(18-16-26)24-36(21-10-22-39-33-23-30(34(35)37)19-20-32(33)38-2)25-31(28-11-6-4-7-12-28)29-13-8-5-9-14-29/h4-9,11-20,23,31H,3,10,21-22,24-25H2,1-2H3,(H2,35,37). The van der Waals surface area contributed by atoms with Crippen LogP contribution in [0.2, 0.25) is 0 Å². The number of nitrogens with two attached hydrogens (primary N) is 1. The molecule has 0 radical (unpaired) electrons. The van der Waals surface area contributed by atoms with E-state index >= 15 is 0 Å². The van der Waals surface area contributed by atoms with Crippen molar-refractivity contribution in [3.8, 4) is 11.5 Å². The molecule has 0 aliphatic carbocycles. The highest BCUT2D eigenvalue weighted by Crippen LogP contribution is 2.29. The van der Waals surface area contributed by atoms with Crippen LogP contribution in [0, 0.1) is 0 Å². The molecular weight excluding hydrogens is 484 g/mol. The maximum atomic E-state index is 11.6. The van der Waals surface area contributed by atoms with Crippen molar-refractivity contribution in [3.63, 3.8) is 0 Å². The fourth-order valence-corrected chi connectivity index (χ4v) is 4.82. The summed E-state index contributed by atoms with van der Waals surface area (Å²) in [5.41, 5.74) is 11.1. The number of benzene rings is 4. The van der Waals surface area contributed by atoms with Crippen LogP contribution in [-0.2, 0) is 13.0 Å². The Balaban J connectivity index is 1.50. The van der Waals surface area contributed by atoms with Gasteiger partial charge in [-0.2, -0.15) is 0 Å². The molecular formula is C34H38N2O3. The third kappa shape index (κ3) is 7.95. The molecule has 0 aliphatic heterocycles. The van der Waals surface area contributed by atoms with Gasteiger partial charge >= 0.3 is 0 Å². The number of carbonyl (C=O) groups is 1. The molecule has 39 heavy (non-hydrogen) atoms. The first kappa shape index (κ1) is 27.9. The number of nitrogens with zero attached hydrogens (tertiary/aromatic N) is 1. The summed E-state index contributed by atoms with van der Waals surface area (Å²) in [6.45, 7) is 5.25. The number of ether oxygens (including phenoxy) is 2. The van der Waals surface area contributed by atoms with Crippen LogP contribution in [0.15, 0.2) is 103 Å². The summed E-state index contributed by atoms with van der Waals surface area (Å²) in [4.78, 5) is 14.1. The molecule has 5 nitrogen and oxygen atoms in total. The lowest BCUT2D eigenvalue weighted by Crippen LogP contribution is -2.30. The first-order valence-corrected chi connectivity index (χ1v) is 13.6. The van der Waals surface area contributed by atoms with Crippen LogP contribution in [0.1, 0.15) is 51.9 Å². The summed E-state index contributed by atoms with van der Waals surface area (Å²) in [6.07, 6.45) is 1.85. The average molecular weight is 523 g/mol. The summed E-state index contributed by atoms with van der Waals surface area (Å²) in [5, 5.41) is 0. The molecule has 0 saturated heterocycles. The van der Waals surface area contributed by atoms with Crippen LogP contribution in [-0.4, -0.2) is 37.6 Å². The van der Waals surface area contributed by atoms with Gasteiger partial charge in [0.2, 0.25) is 5.91 Å². The van der Waals surface area contributed by atoms with Crippen molar-refractivity contribution in [2.24, 2.45) is 5.73 Å². The Morgan fingerprint density at radius 1 is 0.821 bits per heavy atom. The highest BCUT2D eigenvalue weighted by atomic mass is 16.5. The molecule has 202 valence electrons. The monoisotopic (exact) mass is 522 g/mol. The SMILES string of the molecule is CCc1ccc(CN(CCCOc2cc(C(N)=O)ccc2OC)CC(c2ccccc2)c2ccccc2)cc1. The third-order valence-electron chi connectivity index (χ3n) is 7.01. The van der Waals surface area contributed by atoms with E-state index < -0.39 is 5.91 Å². The van der Waals surface area contributed by atoms with Gasteiger partial charge in [0.05, 0.1) is 13.7 Å². The summed E-state index contributed by atoms with van der Waals surface area (Å²) in [7, 11) is 1.59. The quantitative estimate of drug-likeness (QED) is 0.193. The molecule has 0 aromatic heterocycles. The van der Waals surface area contributed by atoms with E-state index in [-0.39, 0.29) is 5.92 Å². The van der Waals surface area contributed by atoms with E-state index in [0.717, 1.165) is 32.5 Å². The first-order valence-electron chi connectivity index (χ1n) is 13.6. The van der Waals surface area contributed by atoms with Crippen LogP contribution in [0.5, 0.6) is 11.5 Å². The number of aryl methyl sites for hydroxylation is 1. The smallest absolute Gasteiger partial charge is 0.248 e.